The third-order valence-corrected chi connectivity index (χ3v) is 3.00. The summed E-state index contributed by atoms with van der Waals surface area (Å²) in [6.07, 6.45) is 0.471. The lowest BCUT2D eigenvalue weighted by Crippen LogP contribution is -2.52. The second kappa shape index (κ2) is 6.83. The van der Waals surface area contributed by atoms with E-state index in [1.165, 1.54) is 18.2 Å². The molecule has 1 aliphatic heterocycles. The molecule has 21 heavy (non-hydrogen) atoms. The van der Waals surface area contributed by atoms with Crippen LogP contribution in [0.5, 0.6) is 5.75 Å². The van der Waals surface area contributed by atoms with Crippen LogP contribution in [0, 0.1) is 5.82 Å². The number of carbonyl (C=O) groups is 3. The molecule has 0 aromatic heterocycles. The second-order valence-corrected chi connectivity index (χ2v) is 4.60. The number of hydrogen-bond donors (Lipinski definition) is 2. The number of rotatable bonds is 5. The minimum absolute atomic E-state index is 0.0000360. The highest BCUT2D eigenvalue weighted by atomic mass is 19.1. The number of halogens is 1. The van der Waals surface area contributed by atoms with Gasteiger partial charge in [-0.05, 0) is 18.6 Å². The molecular weight excluding hydrogens is 279 g/mol. The van der Waals surface area contributed by atoms with Gasteiger partial charge in [-0.2, -0.15) is 0 Å². The van der Waals surface area contributed by atoms with Gasteiger partial charge in [-0.15, -0.1) is 0 Å². The Kier molecular flexibility index (Phi) is 4.86. The molecule has 1 aromatic carbocycles. The standard InChI is InChI=1S/C14H15FN2O4/c15-9-3-1-2-4-11(9)21-8-7-13(19)16-10-5-6-12(18)17-14(10)20/h1-4,10H,5-8H2,(H,16,19)(H,17,18,20). The molecule has 0 spiro atoms. The lowest BCUT2D eigenvalue weighted by Gasteiger charge is -2.21. The molecular formula is C14H15FN2O4. The van der Waals surface area contributed by atoms with Crippen molar-refractivity contribution in [2.75, 3.05) is 6.61 Å². The van der Waals surface area contributed by atoms with Gasteiger partial charge in [-0.3, -0.25) is 19.7 Å². The maximum Gasteiger partial charge on any atom is 0.249 e. The zero-order valence-corrected chi connectivity index (χ0v) is 11.2. The fraction of sp³-hybridized carbons (Fsp3) is 0.357. The van der Waals surface area contributed by atoms with E-state index in [0.717, 1.165) is 0 Å². The maximum atomic E-state index is 13.3. The normalized spacial score (nSPS) is 18.0. The van der Waals surface area contributed by atoms with Crippen molar-refractivity contribution < 1.29 is 23.5 Å². The lowest BCUT2D eigenvalue weighted by atomic mass is 10.1. The Hall–Kier alpha value is -2.44. The van der Waals surface area contributed by atoms with Gasteiger partial charge in [0.15, 0.2) is 11.6 Å². The van der Waals surface area contributed by atoms with Crippen LogP contribution in [0.2, 0.25) is 0 Å². The monoisotopic (exact) mass is 294 g/mol. The number of ether oxygens (including phenoxy) is 1. The Labute approximate surface area is 120 Å². The van der Waals surface area contributed by atoms with E-state index < -0.39 is 17.8 Å². The Bertz CT molecular complexity index is 562. The van der Waals surface area contributed by atoms with Crippen LogP contribution in [0.15, 0.2) is 24.3 Å². The highest BCUT2D eigenvalue weighted by Gasteiger charge is 2.27. The van der Waals surface area contributed by atoms with Gasteiger partial charge in [-0.25, -0.2) is 4.39 Å². The number of imide groups is 1. The molecule has 1 saturated heterocycles. The number of para-hydroxylation sites is 1. The molecule has 112 valence electrons. The molecule has 6 nitrogen and oxygen atoms in total. The third-order valence-electron chi connectivity index (χ3n) is 3.00. The fourth-order valence-electron chi connectivity index (χ4n) is 1.91. The molecule has 1 heterocycles. The van der Waals surface area contributed by atoms with Crippen molar-refractivity contribution >= 4 is 17.7 Å². The van der Waals surface area contributed by atoms with E-state index in [1.54, 1.807) is 6.07 Å². The molecule has 1 aliphatic rings. The first kappa shape index (κ1) is 15.0. The van der Waals surface area contributed by atoms with Crippen molar-refractivity contribution in [3.63, 3.8) is 0 Å². The summed E-state index contributed by atoms with van der Waals surface area (Å²) in [5, 5.41) is 4.66. The van der Waals surface area contributed by atoms with Crippen LogP contribution in [0.3, 0.4) is 0 Å². The van der Waals surface area contributed by atoms with Gasteiger partial charge in [0, 0.05) is 6.42 Å². The average Bonchev–Trinajstić information content (AvgIpc) is 2.44. The molecule has 1 aromatic rings. The number of hydrogen-bond acceptors (Lipinski definition) is 4. The highest BCUT2D eigenvalue weighted by molar-refractivity contribution is 6.01. The van der Waals surface area contributed by atoms with E-state index in [2.05, 4.69) is 10.6 Å². The van der Waals surface area contributed by atoms with E-state index in [0.29, 0.717) is 0 Å². The zero-order valence-electron chi connectivity index (χ0n) is 11.2. The smallest absolute Gasteiger partial charge is 0.249 e. The minimum atomic E-state index is -0.705. The van der Waals surface area contributed by atoms with Crippen LogP contribution >= 0.6 is 0 Å². The molecule has 1 fully saturated rings. The lowest BCUT2D eigenvalue weighted by molar-refractivity contribution is -0.137. The summed E-state index contributed by atoms with van der Waals surface area (Å²) in [7, 11) is 0. The summed E-state index contributed by atoms with van der Waals surface area (Å²) in [5.41, 5.74) is 0. The summed E-state index contributed by atoms with van der Waals surface area (Å²) in [6, 6.07) is 5.19. The number of nitrogens with one attached hydrogen (secondary N) is 2. The highest BCUT2D eigenvalue weighted by Crippen LogP contribution is 2.15. The van der Waals surface area contributed by atoms with Gasteiger partial charge >= 0.3 is 0 Å². The van der Waals surface area contributed by atoms with Crippen molar-refractivity contribution in [3.8, 4) is 5.75 Å². The first-order valence-electron chi connectivity index (χ1n) is 6.56. The average molecular weight is 294 g/mol. The third kappa shape index (κ3) is 4.27. The second-order valence-electron chi connectivity index (χ2n) is 4.60. The van der Waals surface area contributed by atoms with Crippen LogP contribution in [0.1, 0.15) is 19.3 Å². The largest absolute Gasteiger partial charge is 0.490 e. The Morgan fingerprint density at radius 3 is 2.86 bits per heavy atom. The van der Waals surface area contributed by atoms with E-state index in [-0.39, 0.29) is 43.4 Å². The van der Waals surface area contributed by atoms with Crippen LogP contribution in [-0.4, -0.2) is 30.4 Å². The summed E-state index contributed by atoms with van der Waals surface area (Å²) in [4.78, 5) is 34.1. The molecule has 0 saturated carbocycles. The van der Waals surface area contributed by atoms with Crippen LogP contribution < -0.4 is 15.4 Å². The van der Waals surface area contributed by atoms with Gasteiger partial charge < -0.3 is 10.1 Å². The predicted octanol–water partition coefficient (Wildman–Crippen LogP) is 0.516. The molecule has 0 radical (unpaired) electrons. The summed E-state index contributed by atoms with van der Waals surface area (Å²) in [6.45, 7) is 0.0000360. The Morgan fingerprint density at radius 1 is 1.38 bits per heavy atom. The quantitative estimate of drug-likeness (QED) is 0.775. The van der Waals surface area contributed by atoms with E-state index in [1.807, 2.05) is 0 Å². The van der Waals surface area contributed by atoms with Crippen molar-refractivity contribution in [2.24, 2.45) is 0 Å². The van der Waals surface area contributed by atoms with E-state index in [4.69, 9.17) is 4.74 Å². The summed E-state index contributed by atoms with van der Waals surface area (Å²) in [5.74, 6) is -1.65. The van der Waals surface area contributed by atoms with Gasteiger partial charge in [0.1, 0.15) is 6.04 Å². The molecule has 0 bridgehead atoms. The van der Waals surface area contributed by atoms with Crippen LogP contribution in [-0.2, 0) is 14.4 Å². The zero-order chi connectivity index (χ0) is 15.2. The predicted molar refractivity (Wildman–Crippen MR) is 70.8 cm³/mol. The molecule has 2 rings (SSSR count). The van der Waals surface area contributed by atoms with Crippen LogP contribution in [0.25, 0.3) is 0 Å². The summed E-state index contributed by atoms with van der Waals surface area (Å²) >= 11 is 0. The minimum Gasteiger partial charge on any atom is -0.490 e. The number of piperidine rings is 1. The fourth-order valence-corrected chi connectivity index (χ4v) is 1.91. The first-order valence-corrected chi connectivity index (χ1v) is 6.56. The molecule has 1 unspecified atom stereocenters. The molecule has 0 aliphatic carbocycles. The van der Waals surface area contributed by atoms with E-state index >= 15 is 0 Å². The van der Waals surface area contributed by atoms with E-state index in [9.17, 15) is 18.8 Å². The number of carbonyl (C=O) groups excluding carboxylic acids is 3. The van der Waals surface area contributed by atoms with Gasteiger partial charge in [-0.1, -0.05) is 12.1 Å². The Morgan fingerprint density at radius 2 is 2.14 bits per heavy atom. The molecule has 3 amide bonds. The van der Waals surface area contributed by atoms with Gasteiger partial charge in [0.25, 0.3) is 0 Å². The first-order chi connectivity index (χ1) is 10.1. The Balaban J connectivity index is 1.74. The van der Waals surface area contributed by atoms with Crippen molar-refractivity contribution in [2.45, 2.75) is 25.3 Å². The summed E-state index contributed by atoms with van der Waals surface area (Å²) < 4.78 is 18.4. The van der Waals surface area contributed by atoms with Crippen molar-refractivity contribution in [3.05, 3.63) is 30.1 Å². The van der Waals surface area contributed by atoms with Crippen molar-refractivity contribution in [1.29, 1.82) is 0 Å². The number of amides is 3. The number of benzene rings is 1. The van der Waals surface area contributed by atoms with Crippen LogP contribution in [0.4, 0.5) is 4.39 Å². The maximum absolute atomic E-state index is 13.3. The van der Waals surface area contributed by atoms with Gasteiger partial charge in [0.2, 0.25) is 17.7 Å². The topological polar surface area (TPSA) is 84.5 Å². The SMILES string of the molecule is O=C1CCC(NC(=O)CCOc2ccccc2F)C(=O)N1. The van der Waals surface area contributed by atoms with Gasteiger partial charge in [0.05, 0.1) is 13.0 Å². The molecule has 7 heteroatoms. The molecule has 2 N–H and O–H groups in total. The van der Waals surface area contributed by atoms with Crippen molar-refractivity contribution in [1.82, 2.24) is 10.6 Å². The molecule has 1 atom stereocenters.